The van der Waals surface area contributed by atoms with Gasteiger partial charge in [0.15, 0.2) is 5.69 Å². The fourth-order valence-electron chi connectivity index (χ4n) is 2.57. The average molecular weight is 337 g/mol. The first-order valence-electron chi connectivity index (χ1n) is 7.50. The third-order valence-electron chi connectivity index (χ3n) is 3.79. The minimum Gasteiger partial charge on any atom is -0.464 e. The third kappa shape index (κ3) is 3.12. The molecule has 0 unspecified atom stereocenters. The van der Waals surface area contributed by atoms with Crippen molar-refractivity contribution in [2.75, 3.05) is 7.11 Å². The van der Waals surface area contributed by atoms with Crippen LogP contribution in [0.3, 0.4) is 0 Å². The minimum absolute atomic E-state index is 0.0401. The number of rotatable bonds is 4. The molecular weight excluding hydrogens is 322 g/mol. The molecule has 0 saturated heterocycles. The summed E-state index contributed by atoms with van der Waals surface area (Å²) in [6.45, 7) is 1.67. The second-order valence-electron chi connectivity index (χ2n) is 5.41. The monoisotopic (exact) mass is 337 g/mol. The summed E-state index contributed by atoms with van der Waals surface area (Å²) in [5.41, 5.74) is 2.21. The van der Waals surface area contributed by atoms with Gasteiger partial charge in [-0.1, -0.05) is 30.3 Å². The van der Waals surface area contributed by atoms with Gasteiger partial charge in [-0.2, -0.15) is 0 Å². The fraction of sp³-hybridized carbons (Fsp3) is 0.111. The first-order chi connectivity index (χ1) is 12.0. The third-order valence-corrected chi connectivity index (χ3v) is 3.79. The van der Waals surface area contributed by atoms with Crippen LogP contribution >= 0.6 is 0 Å². The molecule has 0 aliphatic carbocycles. The smallest absolute Gasteiger partial charge is 0.358 e. The van der Waals surface area contributed by atoms with Gasteiger partial charge in [-0.05, 0) is 19.1 Å². The molecule has 1 aromatic heterocycles. The van der Waals surface area contributed by atoms with Crippen molar-refractivity contribution in [2.45, 2.75) is 6.92 Å². The number of carbonyl (C=O) groups is 1. The lowest BCUT2D eigenvalue weighted by Gasteiger charge is -2.09. The van der Waals surface area contributed by atoms with E-state index in [1.165, 1.54) is 13.2 Å². The van der Waals surface area contributed by atoms with E-state index >= 15 is 0 Å². The number of esters is 1. The summed E-state index contributed by atoms with van der Waals surface area (Å²) < 4.78 is 6.47. The molecule has 126 valence electrons. The van der Waals surface area contributed by atoms with E-state index in [-0.39, 0.29) is 11.4 Å². The van der Waals surface area contributed by atoms with Crippen LogP contribution in [0.1, 0.15) is 16.1 Å². The molecule has 0 aliphatic heterocycles. The molecule has 0 aliphatic rings. The Morgan fingerprint density at radius 1 is 1.20 bits per heavy atom. The van der Waals surface area contributed by atoms with Gasteiger partial charge in [0.1, 0.15) is 5.82 Å². The number of benzene rings is 2. The summed E-state index contributed by atoms with van der Waals surface area (Å²) in [6.07, 6.45) is 1.56. The van der Waals surface area contributed by atoms with E-state index in [2.05, 4.69) is 4.98 Å². The highest BCUT2D eigenvalue weighted by atomic mass is 16.6. The van der Waals surface area contributed by atoms with Crippen LogP contribution in [0.5, 0.6) is 0 Å². The molecule has 7 nitrogen and oxygen atoms in total. The summed E-state index contributed by atoms with van der Waals surface area (Å²) in [4.78, 5) is 26.8. The summed E-state index contributed by atoms with van der Waals surface area (Å²) in [5, 5.41) is 11.0. The number of aromatic nitrogens is 2. The number of ether oxygens (including phenoxy) is 1. The number of methoxy groups -OCH3 is 1. The first-order valence-corrected chi connectivity index (χ1v) is 7.50. The number of nitrogens with zero attached hydrogens (tertiary/aromatic N) is 3. The van der Waals surface area contributed by atoms with Crippen LogP contribution in [-0.4, -0.2) is 27.6 Å². The normalized spacial score (nSPS) is 10.5. The second kappa shape index (κ2) is 6.56. The Hall–Kier alpha value is -3.48. The van der Waals surface area contributed by atoms with Crippen molar-refractivity contribution < 1.29 is 14.5 Å². The molecule has 3 rings (SSSR count). The second-order valence-corrected chi connectivity index (χ2v) is 5.41. The van der Waals surface area contributed by atoms with Gasteiger partial charge >= 0.3 is 5.97 Å². The van der Waals surface area contributed by atoms with Gasteiger partial charge in [0.25, 0.3) is 5.69 Å². The van der Waals surface area contributed by atoms with E-state index in [0.29, 0.717) is 17.1 Å². The van der Waals surface area contributed by atoms with Gasteiger partial charge in [-0.15, -0.1) is 0 Å². The van der Waals surface area contributed by atoms with Crippen molar-refractivity contribution in [1.29, 1.82) is 0 Å². The fourth-order valence-corrected chi connectivity index (χ4v) is 2.57. The van der Waals surface area contributed by atoms with Gasteiger partial charge < -0.3 is 4.74 Å². The van der Waals surface area contributed by atoms with E-state index in [1.54, 1.807) is 29.8 Å². The maximum Gasteiger partial charge on any atom is 0.358 e. The standard InChI is InChI=1S/C18H15N3O4/c1-12-10-14(8-9-16(12)21(23)24)20-11-15(18(22)25-2)19-17(20)13-6-4-3-5-7-13/h3-11H,1-2H3. The number of nitro groups is 1. The zero-order valence-electron chi connectivity index (χ0n) is 13.7. The lowest BCUT2D eigenvalue weighted by molar-refractivity contribution is -0.385. The Morgan fingerprint density at radius 3 is 2.52 bits per heavy atom. The highest BCUT2D eigenvalue weighted by molar-refractivity contribution is 5.88. The van der Waals surface area contributed by atoms with Gasteiger partial charge in [0.05, 0.1) is 12.0 Å². The van der Waals surface area contributed by atoms with E-state index in [9.17, 15) is 14.9 Å². The van der Waals surface area contributed by atoms with Crippen LogP contribution in [0.4, 0.5) is 5.69 Å². The molecule has 2 aromatic carbocycles. The van der Waals surface area contributed by atoms with Crippen molar-refractivity contribution in [2.24, 2.45) is 0 Å². The van der Waals surface area contributed by atoms with Gasteiger partial charge in [0, 0.05) is 29.1 Å². The Kier molecular flexibility index (Phi) is 4.30. The van der Waals surface area contributed by atoms with Crippen LogP contribution in [-0.2, 0) is 4.74 Å². The highest BCUT2D eigenvalue weighted by Gasteiger charge is 2.18. The molecule has 3 aromatic rings. The summed E-state index contributed by atoms with van der Waals surface area (Å²) >= 11 is 0. The van der Waals surface area contributed by atoms with Gasteiger partial charge in [0.2, 0.25) is 0 Å². The number of hydrogen-bond acceptors (Lipinski definition) is 5. The van der Waals surface area contributed by atoms with Crippen LogP contribution in [0.25, 0.3) is 17.1 Å². The Morgan fingerprint density at radius 2 is 1.92 bits per heavy atom. The van der Waals surface area contributed by atoms with Crippen molar-refractivity contribution in [3.63, 3.8) is 0 Å². The van der Waals surface area contributed by atoms with Crippen LogP contribution in [0.2, 0.25) is 0 Å². The predicted molar refractivity (Wildman–Crippen MR) is 91.7 cm³/mol. The molecule has 25 heavy (non-hydrogen) atoms. The number of imidazole rings is 1. The Balaban J connectivity index is 2.18. The lowest BCUT2D eigenvalue weighted by atomic mass is 10.1. The maximum absolute atomic E-state index is 11.9. The first kappa shape index (κ1) is 16.4. The number of carbonyl (C=O) groups excluding carboxylic acids is 1. The van der Waals surface area contributed by atoms with E-state index in [0.717, 1.165) is 5.56 Å². The van der Waals surface area contributed by atoms with Gasteiger partial charge in [-0.25, -0.2) is 9.78 Å². The van der Waals surface area contributed by atoms with E-state index < -0.39 is 10.9 Å². The van der Waals surface area contributed by atoms with Crippen molar-refractivity contribution in [3.05, 3.63) is 76.1 Å². The topological polar surface area (TPSA) is 87.3 Å². The van der Waals surface area contributed by atoms with Crippen LogP contribution in [0.15, 0.2) is 54.7 Å². The molecule has 1 heterocycles. The molecule has 7 heteroatoms. The van der Waals surface area contributed by atoms with Crippen molar-refractivity contribution >= 4 is 11.7 Å². The number of aryl methyl sites for hydroxylation is 1. The highest BCUT2D eigenvalue weighted by Crippen LogP contribution is 2.26. The molecule has 0 atom stereocenters. The van der Waals surface area contributed by atoms with Crippen molar-refractivity contribution in [3.8, 4) is 17.1 Å². The number of nitro benzene ring substituents is 1. The molecule has 0 bridgehead atoms. The zero-order chi connectivity index (χ0) is 18.0. The molecule has 0 spiro atoms. The molecule has 0 fully saturated rings. The zero-order valence-corrected chi connectivity index (χ0v) is 13.7. The van der Waals surface area contributed by atoms with Crippen LogP contribution in [0, 0.1) is 17.0 Å². The minimum atomic E-state index is -0.547. The largest absolute Gasteiger partial charge is 0.464 e. The van der Waals surface area contributed by atoms with Crippen molar-refractivity contribution in [1.82, 2.24) is 9.55 Å². The van der Waals surface area contributed by atoms with E-state index in [1.807, 2.05) is 30.3 Å². The molecular formula is C18H15N3O4. The molecule has 0 radical (unpaired) electrons. The summed E-state index contributed by atoms with van der Waals surface area (Å²) in [7, 11) is 1.29. The van der Waals surface area contributed by atoms with Gasteiger partial charge in [-0.3, -0.25) is 14.7 Å². The van der Waals surface area contributed by atoms with E-state index in [4.69, 9.17) is 4.74 Å². The number of hydrogen-bond donors (Lipinski definition) is 0. The Bertz CT molecular complexity index is 948. The molecule has 0 N–H and O–H groups in total. The SMILES string of the molecule is COC(=O)c1cn(-c2ccc([N+](=O)[O-])c(C)c2)c(-c2ccccc2)n1. The molecule has 0 amide bonds. The summed E-state index contributed by atoms with van der Waals surface area (Å²) in [5.74, 6) is 0.00354. The lowest BCUT2D eigenvalue weighted by Crippen LogP contribution is -2.01. The maximum atomic E-state index is 11.9. The Labute approximate surface area is 143 Å². The quantitative estimate of drug-likeness (QED) is 0.413. The van der Waals surface area contributed by atoms with Crippen LogP contribution < -0.4 is 0 Å². The predicted octanol–water partition coefficient (Wildman–Crippen LogP) is 3.54. The summed E-state index contributed by atoms with van der Waals surface area (Å²) in [6, 6.07) is 14.1. The average Bonchev–Trinajstić information content (AvgIpc) is 3.06. The molecule has 0 saturated carbocycles.